The van der Waals surface area contributed by atoms with Gasteiger partial charge >= 0.3 is 5.97 Å². The highest BCUT2D eigenvalue weighted by Gasteiger charge is 2.49. The summed E-state index contributed by atoms with van der Waals surface area (Å²) in [5.74, 6) is -0.925. The Kier molecular flexibility index (Phi) is 14.6. The zero-order chi connectivity index (χ0) is 41.7. The fraction of sp³-hybridized carbons (Fsp3) is 0.375. The van der Waals surface area contributed by atoms with Gasteiger partial charge in [-0.25, -0.2) is 0 Å². The number of benzene rings is 4. The minimum absolute atomic E-state index is 0.0170. The summed E-state index contributed by atoms with van der Waals surface area (Å²) in [6.07, 6.45) is 5.24. The number of likely N-dealkylation sites (tertiary alicyclic amines) is 1. The summed E-state index contributed by atoms with van der Waals surface area (Å²) in [4.78, 5) is 73.5. The van der Waals surface area contributed by atoms with Gasteiger partial charge in [-0.2, -0.15) is 0 Å². The van der Waals surface area contributed by atoms with Crippen LogP contribution in [0.1, 0.15) is 98.3 Å². The Balaban J connectivity index is 0.000000165. The molecule has 4 aliphatic rings. The first kappa shape index (κ1) is 42.7. The van der Waals surface area contributed by atoms with E-state index in [0.29, 0.717) is 17.9 Å². The molecule has 0 bridgehead atoms. The Labute approximate surface area is 346 Å². The molecule has 11 nitrogen and oxygen atoms in total. The number of hydrogen-bond donors (Lipinski definition) is 4. The van der Waals surface area contributed by atoms with Crippen molar-refractivity contribution < 1.29 is 33.9 Å². The predicted molar refractivity (Wildman–Crippen MR) is 224 cm³/mol. The lowest BCUT2D eigenvalue weighted by molar-refractivity contribution is -0.138. The maximum Gasteiger partial charge on any atom is 0.303 e. The Bertz CT molecular complexity index is 2050. The highest BCUT2D eigenvalue weighted by atomic mass is 16.4. The highest BCUT2D eigenvalue weighted by Crippen LogP contribution is 2.38. The van der Waals surface area contributed by atoms with E-state index in [0.717, 1.165) is 37.4 Å². The zero-order valence-electron chi connectivity index (χ0n) is 33.4. The molecule has 4 aromatic rings. The Hall–Kier alpha value is -5.94. The molecule has 4 fully saturated rings. The van der Waals surface area contributed by atoms with Gasteiger partial charge in [0.15, 0.2) is 0 Å². The summed E-state index contributed by atoms with van der Waals surface area (Å²) in [6, 6.07) is 39.5. The lowest BCUT2D eigenvalue weighted by atomic mass is 9.75. The minimum atomic E-state index is -1.03. The number of amides is 5. The fourth-order valence-corrected chi connectivity index (χ4v) is 8.83. The van der Waals surface area contributed by atoms with Crippen LogP contribution in [0.4, 0.5) is 0 Å². The van der Waals surface area contributed by atoms with Gasteiger partial charge in [0.25, 0.3) is 0 Å². The Morgan fingerprint density at radius 1 is 0.559 bits per heavy atom. The number of carbonyl (C=O) groups is 6. The Morgan fingerprint density at radius 3 is 1.34 bits per heavy atom. The summed E-state index contributed by atoms with van der Waals surface area (Å²) in [5, 5.41) is 16.8. The second kappa shape index (κ2) is 20.2. The number of nitrogens with zero attached hydrogens (tertiary/aromatic N) is 1. The zero-order valence-corrected chi connectivity index (χ0v) is 33.4. The molecule has 11 heteroatoms. The van der Waals surface area contributed by atoms with Gasteiger partial charge in [0.2, 0.25) is 29.5 Å². The van der Waals surface area contributed by atoms with Crippen LogP contribution in [0.15, 0.2) is 121 Å². The molecule has 4 N–H and O–H groups in total. The molecule has 4 aliphatic heterocycles. The van der Waals surface area contributed by atoms with Gasteiger partial charge in [-0.1, -0.05) is 121 Å². The average molecular weight is 799 g/mol. The van der Waals surface area contributed by atoms with Crippen molar-refractivity contribution >= 4 is 35.5 Å². The number of imide groups is 2. The van der Waals surface area contributed by atoms with Crippen molar-refractivity contribution in [2.45, 2.75) is 86.9 Å². The molecule has 4 heterocycles. The number of hydrogen-bond acceptors (Lipinski definition) is 7. The first-order valence-electron chi connectivity index (χ1n) is 20.7. The molecule has 2 atom stereocenters. The van der Waals surface area contributed by atoms with E-state index in [2.05, 4.69) is 70.5 Å². The molecule has 4 aromatic carbocycles. The quantitative estimate of drug-likeness (QED) is 0.139. The van der Waals surface area contributed by atoms with Crippen LogP contribution in [-0.2, 0) is 39.6 Å². The summed E-state index contributed by atoms with van der Waals surface area (Å²) >= 11 is 0. The van der Waals surface area contributed by atoms with Crippen LogP contribution in [0.2, 0.25) is 0 Å². The number of carboxylic acid groups (broad SMARTS) is 1. The van der Waals surface area contributed by atoms with Gasteiger partial charge in [-0.05, 0) is 85.7 Å². The molecule has 0 aromatic heterocycles. The maximum atomic E-state index is 12.9. The number of carbonyl (C=O) groups excluding carboxylic acids is 5. The molecule has 5 amide bonds. The summed E-state index contributed by atoms with van der Waals surface area (Å²) in [7, 11) is 0. The summed E-state index contributed by atoms with van der Waals surface area (Å²) < 4.78 is 0. The number of piperidine rings is 2. The first-order valence-corrected chi connectivity index (χ1v) is 20.7. The number of aliphatic carboxylic acids is 1. The van der Waals surface area contributed by atoms with E-state index in [1.54, 1.807) is 24.3 Å². The largest absolute Gasteiger partial charge is 0.481 e. The Morgan fingerprint density at radius 2 is 0.949 bits per heavy atom. The molecular formula is C48H54N4O7. The van der Waals surface area contributed by atoms with Gasteiger partial charge in [-0.15, -0.1) is 0 Å². The van der Waals surface area contributed by atoms with Gasteiger partial charge in [-0.3, -0.25) is 39.4 Å². The van der Waals surface area contributed by atoms with Crippen LogP contribution in [0.3, 0.4) is 0 Å². The molecule has 0 radical (unpaired) electrons. The van der Waals surface area contributed by atoms with Crippen molar-refractivity contribution in [1.29, 1.82) is 0 Å². The molecule has 308 valence electrons. The molecule has 8 rings (SSSR count). The highest BCUT2D eigenvalue weighted by molar-refractivity contribution is 6.10. The average Bonchev–Trinajstić information content (AvgIpc) is 3.76. The monoisotopic (exact) mass is 798 g/mol. The lowest BCUT2D eigenvalue weighted by Gasteiger charge is -2.33. The van der Waals surface area contributed by atoms with Crippen LogP contribution in [-0.4, -0.2) is 71.7 Å². The van der Waals surface area contributed by atoms with Crippen LogP contribution >= 0.6 is 0 Å². The SMILES string of the molecule is O=C(O)CCC1(c2ccccc2)CC(=O)NC1=O.O=C1CC(CCC(=O)N2CCC(c3ccccc3)CC2)(c2ccccc2)C(=O)N1.c1ccc(C2CCNCC2)cc1. The summed E-state index contributed by atoms with van der Waals surface area (Å²) in [5.41, 5.74) is 2.38. The normalized spacial score (nSPS) is 22.0. The van der Waals surface area contributed by atoms with Gasteiger partial charge < -0.3 is 15.3 Å². The van der Waals surface area contributed by atoms with Crippen LogP contribution in [0.5, 0.6) is 0 Å². The van der Waals surface area contributed by atoms with Crippen molar-refractivity contribution in [3.63, 3.8) is 0 Å². The second-order valence-corrected chi connectivity index (χ2v) is 15.9. The number of carboxylic acids is 1. The molecular weight excluding hydrogens is 745 g/mol. The third-order valence-electron chi connectivity index (χ3n) is 12.2. The van der Waals surface area contributed by atoms with E-state index >= 15 is 0 Å². The predicted octanol–water partition coefficient (Wildman–Crippen LogP) is 6.15. The number of nitrogens with one attached hydrogen (secondary N) is 3. The van der Waals surface area contributed by atoms with Crippen LogP contribution in [0, 0.1) is 0 Å². The van der Waals surface area contributed by atoms with Crippen molar-refractivity contribution in [2.24, 2.45) is 0 Å². The third-order valence-corrected chi connectivity index (χ3v) is 12.2. The summed E-state index contributed by atoms with van der Waals surface area (Å²) in [6.45, 7) is 3.84. The molecule has 4 saturated heterocycles. The molecule has 59 heavy (non-hydrogen) atoms. The van der Waals surface area contributed by atoms with Crippen molar-refractivity contribution in [3.8, 4) is 0 Å². The van der Waals surface area contributed by atoms with E-state index in [-0.39, 0.29) is 55.7 Å². The molecule has 2 unspecified atom stereocenters. The van der Waals surface area contributed by atoms with E-state index in [1.807, 2.05) is 47.4 Å². The van der Waals surface area contributed by atoms with E-state index in [1.165, 1.54) is 37.1 Å². The number of rotatable bonds is 10. The van der Waals surface area contributed by atoms with E-state index < -0.39 is 22.7 Å². The first-order chi connectivity index (χ1) is 28.6. The van der Waals surface area contributed by atoms with Crippen molar-refractivity contribution in [2.75, 3.05) is 26.2 Å². The third kappa shape index (κ3) is 10.8. The second-order valence-electron chi connectivity index (χ2n) is 15.9. The fourth-order valence-electron chi connectivity index (χ4n) is 8.83. The standard InChI is InChI=1S/C24H26N2O3.C13H13NO4.C11H15N/c27-21-17-24(23(29)25-21,20-9-5-2-6-10-20)14-11-22(28)26-15-12-19(13-16-26)18-7-3-1-4-8-18;15-10-8-13(12(18)14-10,7-6-11(16)17)9-4-2-1-3-5-9;1-2-4-10(5-3-1)11-6-8-12-9-7-11/h1-10,19H,11-17H2,(H,25,27,29);1-5H,6-8H2,(H,16,17)(H,14,15,18);1-5,11-12H,6-9H2. The smallest absolute Gasteiger partial charge is 0.303 e. The van der Waals surface area contributed by atoms with Gasteiger partial charge in [0.05, 0.1) is 10.8 Å². The topological polar surface area (TPSA) is 162 Å². The van der Waals surface area contributed by atoms with Gasteiger partial charge in [0.1, 0.15) is 0 Å². The molecule has 0 spiro atoms. The maximum absolute atomic E-state index is 12.9. The van der Waals surface area contributed by atoms with Crippen molar-refractivity contribution in [1.82, 2.24) is 20.9 Å². The van der Waals surface area contributed by atoms with Crippen LogP contribution < -0.4 is 16.0 Å². The van der Waals surface area contributed by atoms with Crippen LogP contribution in [0.25, 0.3) is 0 Å². The minimum Gasteiger partial charge on any atom is -0.481 e. The molecule has 0 aliphatic carbocycles. The lowest BCUT2D eigenvalue weighted by Crippen LogP contribution is -2.40. The van der Waals surface area contributed by atoms with E-state index in [4.69, 9.17) is 5.11 Å². The van der Waals surface area contributed by atoms with E-state index in [9.17, 15) is 28.8 Å². The molecule has 0 saturated carbocycles. The van der Waals surface area contributed by atoms with Gasteiger partial charge in [0, 0.05) is 38.8 Å². The van der Waals surface area contributed by atoms with Crippen molar-refractivity contribution in [3.05, 3.63) is 144 Å².